The Hall–Kier alpha value is -2.20. The summed E-state index contributed by atoms with van der Waals surface area (Å²) in [6, 6.07) is 3.56. The van der Waals surface area contributed by atoms with Gasteiger partial charge in [-0.2, -0.15) is 10.4 Å². The fourth-order valence-electron chi connectivity index (χ4n) is 1.23. The summed E-state index contributed by atoms with van der Waals surface area (Å²) in [6.07, 6.45) is 1.74. The van der Waals surface area contributed by atoms with Gasteiger partial charge in [-0.25, -0.2) is 0 Å². The van der Waals surface area contributed by atoms with Gasteiger partial charge in [-0.05, 0) is 6.07 Å². The highest BCUT2D eigenvalue weighted by Gasteiger charge is 2.04. The average Bonchev–Trinajstić information content (AvgIpc) is 2.39. The lowest BCUT2D eigenvalue weighted by molar-refractivity contribution is -0.121. The molecule has 0 aromatic carbocycles. The van der Waals surface area contributed by atoms with Gasteiger partial charge in [0.15, 0.2) is 5.82 Å². The molecule has 1 rings (SSSR count). The number of amides is 1. The molecule has 0 fully saturated rings. The van der Waals surface area contributed by atoms with Crippen LogP contribution in [0.4, 0.5) is 5.82 Å². The predicted molar refractivity (Wildman–Crippen MR) is 64.7 cm³/mol. The maximum Gasteiger partial charge on any atom is 0.221 e. The van der Waals surface area contributed by atoms with Crippen LogP contribution in [0.2, 0.25) is 0 Å². The summed E-state index contributed by atoms with van der Waals surface area (Å²) >= 11 is 0. The Bertz CT molecular complexity index is 430. The molecule has 0 aliphatic rings. The van der Waals surface area contributed by atoms with Gasteiger partial charge in [0.05, 0.1) is 18.4 Å². The van der Waals surface area contributed by atoms with Crippen molar-refractivity contribution < 1.29 is 9.53 Å². The van der Waals surface area contributed by atoms with E-state index in [1.54, 1.807) is 13.2 Å². The zero-order chi connectivity index (χ0) is 13.2. The van der Waals surface area contributed by atoms with Gasteiger partial charge >= 0.3 is 0 Å². The van der Waals surface area contributed by atoms with Crippen LogP contribution < -0.4 is 10.6 Å². The van der Waals surface area contributed by atoms with Crippen LogP contribution in [0.15, 0.2) is 12.3 Å². The Labute approximate surface area is 105 Å². The number of nitriles is 1. The quantitative estimate of drug-likeness (QED) is 0.655. The third kappa shape index (κ3) is 4.76. The number of hydrogen-bond acceptors (Lipinski definition) is 6. The second-order valence-electron chi connectivity index (χ2n) is 3.42. The maximum absolute atomic E-state index is 11.4. The van der Waals surface area contributed by atoms with E-state index in [1.165, 1.54) is 6.20 Å². The van der Waals surface area contributed by atoms with Crippen molar-refractivity contribution >= 4 is 11.7 Å². The molecular formula is C11H15N5O2. The zero-order valence-corrected chi connectivity index (χ0v) is 10.1. The van der Waals surface area contributed by atoms with Gasteiger partial charge in [0.25, 0.3) is 0 Å². The van der Waals surface area contributed by atoms with E-state index in [0.29, 0.717) is 37.5 Å². The van der Waals surface area contributed by atoms with Gasteiger partial charge in [-0.15, -0.1) is 5.10 Å². The third-order valence-electron chi connectivity index (χ3n) is 2.11. The summed E-state index contributed by atoms with van der Waals surface area (Å²) in [7, 11) is 1.57. The number of carbonyl (C=O) groups excluding carboxylic acids is 1. The van der Waals surface area contributed by atoms with E-state index < -0.39 is 0 Å². The van der Waals surface area contributed by atoms with Crippen LogP contribution in [0.1, 0.15) is 12.0 Å². The summed E-state index contributed by atoms with van der Waals surface area (Å²) < 4.78 is 4.81. The van der Waals surface area contributed by atoms with Crippen molar-refractivity contribution in [2.24, 2.45) is 0 Å². The molecule has 0 saturated heterocycles. The van der Waals surface area contributed by atoms with Gasteiger partial charge in [-0.1, -0.05) is 0 Å². The van der Waals surface area contributed by atoms with Crippen molar-refractivity contribution in [3.63, 3.8) is 0 Å². The Kier molecular flexibility index (Phi) is 6.14. The molecule has 1 aromatic rings. The van der Waals surface area contributed by atoms with Gasteiger partial charge in [0.2, 0.25) is 5.91 Å². The molecule has 1 amide bonds. The number of methoxy groups -OCH3 is 1. The van der Waals surface area contributed by atoms with Crippen LogP contribution in [-0.4, -0.2) is 42.9 Å². The standard InChI is InChI=1S/C11H15N5O2/c1-18-7-6-13-10(17)3-4-14-11-9(8-12)2-5-15-16-11/h2,5H,3-4,6-7H2,1H3,(H,13,17)(H,14,16). The highest BCUT2D eigenvalue weighted by Crippen LogP contribution is 2.07. The molecule has 7 heteroatoms. The molecule has 0 atom stereocenters. The topological polar surface area (TPSA) is 99.9 Å². The maximum atomic E-state index is 11.4. The van der Waals surface area contributed by atoms with E-state index in [9.17, 15) is 4.79 Å². The minimum absolute atomic E-state index is 0.0815. The molecule has 1 heterocycles. The van der Waals surface area contributed by atoms with E-state index in [4.69, 9.17) is 10.00 Å². The molecule has 0 unspecified atom stereocenters. The number of carbonyl (C=O) groups is 1. The van der Waals surface area contributed by atoms with Crippen LogP contribution >= 0.6 is 0 Å². The normalized spacial score (nSPS) is 9.56. The number of ether oxygens (including phenoxy) is 1. The molecule has 1 aromatic heterocycles. The summed E-state index contributed by atoms with van der Waals surface area (Å²) in [5.41, 5.74) is 0.407. The summed E-state index contributed by atoms with van der Waals surface area (Å²) in [4.78, 5) is 11.4. The molecule has 0 aliphatic carbocycles. The minimum Gasteiger partial charge on any atom is -0.383 e. The lowest BCUT2D eigenvalue weighted by Gasteiger charge is -2.06. The number of aromatic nitrogens is 2. The van der Waals surface area contributed by atoms with Crippen LogP contribution in [0.3, 0.4) is 0 Å². The molecule has 0 aliphatic heterocycles. The minimum atomic E-state index is -0.0815. The number of nitrogens with zero attached hydrogens (tertiary/aromatic N) is 3. The molecule has 96 valence electrons. The Morgan fingerprint density at radius 3 is 3.11 bits per heavy atom. The van der Waals surface area contributed by atoms with Gasteiger partial charge in [-0.3, -0.25) is 4.79 Å². The first-order valence-electron chi connectivity index (χ1n) is 5.49. The highest BCUT2D eigenvalue weighted by atomic mass is 16.5. The van der Waals surface area contributed by atoms with E-state index in [0.717, 1.165) is 0 Å². The Morgan fingerprint density at radius 2 is 2.39 bits per heavy atom. The van der Waals surface area contributed by atoms with E-state index in [-0.39, 0.29) is 5.91 Å². The van der Waals surface area contributed by atoms with Crippen molar-refractivity contribution in [3.8, 4) is 6.07 Å². The van der Waals surface area contributed by atoms with E-state index in [2.05, 4.69) is 20.8 Å². The molecule has 0 radical (unpaired) electrons. The largest absolute Gasteiger partial charge is 0.383 e. The first-order chi connectivity index (χ1) is 8.77. The van der Waals surface area contributed by atoms with Crippen LogP contribution in [0, 0.1) is 11.3 Å². The molecule has 0 spiro atoms. The molecular weight excluding hydrogens is 234 g/mol. The third-order valence-corrected chi connectivity index (χ3v) is 2.11. The van der Waals surface area contributed by atoms with Crippen molar-refractivity contribution in [2.75, 3.05) is 32.1 Å². The number of hydrogen-bond donors (Lipinski definition) is 2. The lowest BCUT2D eigenvalue weighted by atomic mass is 10.3. The number of nitrogens with one attached hydrogen (secondary N) is 2. The van der Waals surface area contributed by atoms with Crippen molar-refractivity contribution in [1.82, 2.24) is 15.5 Å². The SMILES string of the molecule is COCCNC(=O)CCNc1nnccc1C#N. The van der Waals surface area contributed by atoms with Crippen molar-refractivity contribution in [3.05, 3.63) is 17.8 Å². The molecule has 18 heavy (non-hydrogen) atoms. The lowest BCUT2D eigenvalue weighted by Crippen LogP contribution is -2.28. The highest BCUT2D eigenvalue weighted by molar-refractivity contribution is 5.76. The first kappa shape index (κ1) is 13.9. The molecule has 7 nitrogen and oxygen atoms in total. The first-order valence-corrected chi connectivity index (χ1v) is 5.49. The van der Waals surface area contributed by atoms with Crippen LogP contribution in [0.5, 0.6) is 0 Å². The van der Waals surface area contributed by atoms with Crippen molar-refractivity contribution in [1.29, 1.82) is 5.26 Å². The Balaban J connectivity index is 2.29. The summed E-state index contributed by atoms with van der Waals surface area (Å²) in [6.45, 7) is 1.37. The average molecular weight is 249 g/mol. The fourth-order valence-corrected chi connectivity index (χ4v) is 1.23. The predicted octanol–water partition coefficient (Wildman–Crippen LogP) is -0.0871. The second kappa shape index (κ2) is 7.97. The van der Waals surface area contributed by atoms with Crippen LogP contribution in [-0.2, 0) is 9.53 Å². The summed E-state index contributed by atoms with van der Waals surface area (Å²) in [5, 5.41) is 21.9. The van der Waals surface area contributed by atoms with Gasteiger partial charge in [0.1, 0.15) is 6.07 Å². The fraction of sp³-hybridized carbons (Fsp3) is 0.455. The smallest absolute Gasteiger partial charge is 0.221 e. The van der Waals surface area contributed by atoms with Gasteiger partial charge < -0.3 is 15.4 Å². The molecule has 0 bridgehead atoms. The molecule has 2 N–H and O–H groups in total. The van der Waals surface area contributed by atoms with Crippen molar-refractivity contribution in [2.45, 2.75) is 6.42 Å². The van der Waals surface area contributed by atoms with Crippen LogP contribution in [0.25, 0.3) is 0 Å². The second-order valence-corrected chi connectivity index (χ2v) is 3.42. The van der Waals surface area contributed by atoms with E-state index in [1.807, 2.05) is 6.07 Å². The van der Waals surface area contributed by atoms with E-state index >= 15 is 0 Å². The zero-order valence-electron chi connectivity index (χ0n) is 10.1. The monoisotopic (exact) mass is 249 g/mol. The summed E-state index contributed by atoms with van der Waals surface area (Å²) in [5.74, 6) is 0.312. The number of anilines is 1. The van der Waals surface area contributed by atoms with Gasteiger partial charge in [0, 0.05) is 26.6 Å². The molecule has 0 saturated carbocycles. The number of rotatable bonds is 7. The Morgan fingerprint density at radius 1 is 1.56 bits per heavy atom.